The third-order valence-corrected chi connectivity index (χ3v) is 3.81. The van der Waals surface area contributed by atoms with Crippen molar-refractivity contribution in [2.24, 2.45) is 0 Å². The Balaban J connectivity index is 2.05. The molecule has 2 aromatic rings. The lowest BCUT2D eigenvalue weighted by molar-refractivity contribution is 0.301. The van der Waals surface area contributed by atoms with Gasteiger partial charge in [-0.2, -0.15) is 0 Å². The van der Waals surface area contributed by atoms with Crippen LogP contribution < -0.4 is 10.1 Å². The molecule has 2 nitrogen and oxygen atoms in total. The smallest absolute Gasteiger partial charge is 0.124 e. The Morgan fingerprint density at radius 3 is 2.62 bits per heavy atom. The van der Waals surface area contributed by atoms with Crippen molar-refractivity contribution in [2.45, 2.75) is 33.0 Å². The van der Waals surface area contributed by atoms with E-state index in [-0.39, 0.29) is 5.82 Å². The van der Waals surface area contributed by atoms with E-state index in [1.807, 2.05) is 24.3 Å². The van der Waals surface area contributed by atoms with Crippen LogP contribution in [0.25, 0.3) is 0 Å². The normalized spacial score (nSPS) is 10.9. The van der Waals surface area contributed by atoms with Crippen LogP contribution in [0.15, 0.2) is 46.9 Å². The summed E-state index contributed by atoms with van der Waals surface area (Å²) < 4.78 is 19.7. The van der Waals surface area contributed by atoms with E-state index in [0.29, 0.717) is 12.6 Å². The number of ether oxygens (including phenoxy) is 1. The summed E-state index contributed by atoms with van der Waals surface area (Å²) >= 11 is 3.36. The Kier molecular flexibility index (Phi) is 5.76. The molecule has 0 aromatic heterocycles. The number of hydrogen-bond acceptors (Lipinski definition) is 2. The first-order valence-corrected chi connectivity index (χ1v) is 7.73. The topological polar surface area (TPSA) is 21.3 Å². The van der Waals surface area contributed by atoms with Gasteiger partial charge in [0.25, 0.3) is 0 Å². The molecule has 2 aromatic carbocycles. The highest BCUT2D eigenvalue weighted by molar-refractivity contribution is 9.10. The van der Waals surface area contributed by atoms with Crippen LogP contribution in [0.5, 0.6) is 5.75 Å². The molecule has 1 N–H and O–H groups in total. The SMILES string of the molecule is CC(C)NCc1ccccc1OCc1ccc(F)cc1Br. The number of para-hydroxylation sites is 1. The third-order valence-electron chi connectivity index (χ3n) is 3.07. The fourth-order valence-electron chi connectivity index (χ4n) is 1.90. The van der Waals surface area contributed by atoms with Crippen molar-refractivity contribution in [1.82, 2.24) is 5.32 Å². The first-order chi connectivity index (χ1) is 10.1. The van der Waals surface area contributed by atoms with E-state index in [4.69, 9.17) is 4.74 Å². The standard InChI is InChI=1S/C17H19BrFNO/c1-12(2)20-10-13-5-3-4-6-17(13)21-11-14-7-8-15(19)9-16(14)18/h3-9,12,20H,10-11H2,1-2H3. The second-order valence-electron chi connectivity index (χ2n) is 5.17. The van der Waals surface area contributed by atoms with Gasteiger partial charge in [0, 0.05) is 28.2 Å². The number of halogens is 2. The molecular weight excluding hydrogens is 333 g/mol. The summed E-state index contributed by atoms with van der Waals surface area (Å²) in [5.41, 5.74) is 2.03. The monoisotopic (exact) mass is 351 g/mol. The number of benzene rings is 2. The van der Waals surface area contributed by atoms with Gasteiger partial charge in [-0.05, 0) is 18.2 Å². The molecule has 0 atom stereocenters. The molecule has 21 heavy (non-hydrogen) atoms. The number of rotatable bonds is 6. The quantitative estimate of drug-likeness (QED) is 0.816. The van der Waals surface area contributed by atoms with Crippen LogP contribution >= 0.6 is 15.9 Å². The molecule has 0 aliphatic carbocycles. The van der Waals surface area contributed by atoms with Crippen molar-refractivity contribution < 1.29 is 9.13 Å². The first kappa shape index (κ1) is 16.0. The maximum absolute atomic E-state index is 13.1. The van der Waals surface area contributed by atoms with Gasteiger partial charge in [-0.1, -0.05) is 54.0 Å². The Morgan fingerprint density at radius 1 is 1.14 bits per heavy atom. The van der Waals surface area contributed by atoms with Gasteiger partial charge in [0.1, 0.15) is 18.2 Å². The van der Waals surface area contributed by atoms with E-state index in [1.165, 1.54) is 12.1 Å². The molecule has 0 aliphatic heterocycles. The van der Waals surface area contributed by atoms with Crippen molar-refractivity contribution in [3.05, 3.63) is 63.9 Å². The molecule has 0 bridgehead atoms. The number of hydrogen-bond donors (Lipinski definition) is 1. The highest BCUT2D eigenvalue weighted by Gasteiger charge is 2.06. The maximum atomic E-state index is 13.1. The Morgan fingerprint density at radius 2 is 1.90 bits per heavy atom. The van der Waals surface area contributed by atoms with Crippen LogP contribution in [0.3, 0.4) is 0 Å². The minimum absolute atomic E-state index is 0.257. The molecule has 0 unspecified atom stereocenters. The molecule has 0 radical (unpaired) electrons. The van der Waals surface area contributed by atoms with E-state index in [0.717, 1.165) is 27.9 Å². The Bertz CT molecular complexity index is 601. The zero-order chi connectivity index (χ0) is 15.2. The van der Waals surface area contributed by atoms with E-state index in [1.54, 1.807) is 6.07 Å². The van der Waals surface area contributed by atoms with Gasteiger partial charge in [-0.15, -0.1) is 0 Å². The van der Waals surface area contributed by atoms with Gasteiger partial charge in [-0.25, -0.2) is 4.39 Å². The Labute approximate surface area is 133 Å². The van der Waals surface area contributed by atoms with E-state index in [2.05, 4.69) is 35.1 Å². The third kappa shape index (κ3) is 4.83. The van der Waals surface area contributed by atoms with E-state index < -0.39 is 0 Å². The highest BCUT2D eigenvalue weighted by atomic mass is 79.9. The van der Waals surface area contributed by atoms with Gasteiger partial charge in [-0.3, -0.25) is 0 Å². The lowest BCUT2D eigenvalue weighted by Gasteiger charge is -2.14. The molecule has 4 heteroatoms. The van der Waals surface area contributed by atoms with Crippen molar-refractivity contribution in [3.8, 4) is 5.75 Å². The average Bonchev–Trinajstić information content (AvgIpc) is 2.45. The van der Waals surface area contributed by atoms with Crippen molar-refractivity contribution in [1.29, 1.82) is 0 Å². The fourth-order valence-corrected chi connectivity index (χ4v) is 2.36. The predicted octanol–water partition coefficient (Wildman–Crippen LogP) is 4.67. The lowest BCUT2D eigenvalue weighted by Crippen LogP contribution is -2.22. The van der Waals surface area contributed by atoms with Crippen LogP contribution in [0.4, 0.5) is 4.39 Å². The lowest BCUT2D eigenvalue weighted by atomic mass is 10.2. The van der Waals surface area contributed by atoms with Crippen molar-refractivity contribution >= 4 is 15.9 Å². The second-order valence-corrected chi connectivity index (χ2v) is 6.02. The summed E-state index contributed by atoms with van der Waals surface area (Å²) in [6.45, 7) is 5.39. The molecule has 0 aliphatic rings. The minimum atomic E-state index is -0.257. The zero-order valence-corrected chi connectivity index (χ0v) is 13.8. The van der Waals surface area contributed by atoms with Crippen LogP contribution in [0.1, 0.15) is 25.0 Å². The van der Waals surface area contributed by atoms with Crippen LogP contribution in [-0.4, -0.2) is 6.04 Å². The summed E-state index contributed by atoms with van der Waals surface area (Å²) in [5, 5.41) is 3.38. The van der Waals surface area contributed by atoms with E-state index in [9.17, 15) is 4.39 Å². The molecule has 0 heterocycles. The number of nitrogens with one attached hydrogen (secondary N) is 1. The molecule has 2 rings (SSSR count). The summed E-state index contributed by atoms with van der Waals surface area (Å²) in [4.78, 5) is 0. The Hall–Kier alpha value is -1.39. The first-order valence-electron chi connectivity index (χ1n) is 6.94. The summed E-state index contributed by atoms with van der Waals surface area (Å²) in [6, 6.07) is 13.0. The fraction of sp³-hybridized carbons (Fsp3) is 0.294. The maximum Gasteiger partial charge on any atom is 0.124 e. The molecule has 0 spiro atoms. The molecule has 0 fully saturated rings. The molecular formula is C17H19BrFNO. The van der Waals surface area contributed by atoms with E-state index >= 15 is 0 Å². The second kappa shape index (κ2) is 7.57. The van der Waals surface area contributed by atoms with Crippen LogP contribution in [-0.2, 0) is 13.2 Å². The van der Waals surface area contributed by atoms with Gasteiger partial charge in [0.15, 0.2) is 0 Å². The summed E-state index contributed by atoms with van der Waals surface area (Å²) in [5.74, 6) is 0.592. The molecule has 0 saturated carbocycles. The van der Waals surface area contributed by atoms with Crippen molar-refractivity contribution in [2.75, 3.05) is 0 Å². The van der Waals surface area contributed by atoms with Gasteiger partial charge >= 0.3 is 0 Å². The minimum Gasteiger partial charge on any atom is -0.489 e. The van der Waals surface area contributed by atoms with Gasteiger partial charge < -0.3 is 10.1 Å². The predicted molar refractivity (Wildman–Crippen MR) is 86.8 cm³/mol. The van der Waals surface area contributed by atoms with Gasteiger partial charge in [0.05, 0.1) is 0 Å². The highest BCUT2D eigenvalue weighted by Crippen LogP contribution is 2.23. The summed E-state index contributed by atoms with van der Waals surface area (Å²) in [7, 11) is 0. The van der Waals surface area contributed by atoms with Gasteiger partial charge in [0.2, 0.25) is 0 Å². The molecule has 0 amide bonds. The van der Waals surface area contributed by atoms with Crippen LogP contribution in [0.2, 0.25) is 0 Å². The zero-order valence-electron chi connectivity index (χ0n) is 12.2. The summed E-state index contributed by atoms with van der Waals surface area (Å²) in [6.07, 6.45) is 0. The van der Waals surface area contributed by atoms with Crippen LogP contribution in [0, 0.1) is 5.82 Å². The molecule has 0 saturated heterocycles. The average molecular weight is 352 g/mol. The van der Waals surface area contributed by atoms with Crippen molar-refractivity contribution in [3.63, 3.8) is 0 Å². The largest absolute Gasteiger partial charge is 0.489 e. The molecule has 112 valence electrons.